The van der Waals surface area contributed by atoms with Crippen LogP contribution < -0.4 is 10.2 Å². The summed E-state index contributed by atoms with van der Waals surface area (Å²) in [4.78, 5) is 27.3. The Kier molecular flexibility index (Phi) is 5.35. The summed E-state index contributed by atoms with van der Waals surface area (Å²) in [6.45, 7) is 9.53. The lowest BCUT2D eigenvalue weighted by Gasteiger charge is -2.29. The highest BCUT2D eigenvalue weighted by atomic mass is 16.4. The van der Waals surface area contributed by atoms with Gasteiger partial charge in [0.05, 0.1) is 5.69 Å². The number of nitrogens with one attached hydrogen (secondary N) is 1. The van der Waals surface area contributed by atoms with Crippen LogP contribution in [-0.4, -0.2) is 33.9 Å². The summed E-state index contributed by atoms with van der Waals surface area (Å²) in [5.74, 6) is 0.702. The van der Waals surface area contributed by atoms with Gasteiger partial charge in [0.15, 0.2) is 0 Å². The van der Waals surface area contributed by atoms with E-state index in [0.717, 1.165) is 42.2 Å². The highest BCUT2D eigenvalue weighted by Crippen LogP contribution is 2.30. The van der Waals surface area contributed by atoms with Gasteiger partial charge in [0.1, 0.15) is 5.76 Å². The molecule has 154 valence electrons. The Hall–Kier alpha value is -3.48. The van der Waals surface area contributed by atoms with E-state index in [2.05, 4.69) is 32.1 Å². The third kappa shape index (κ3) is 4.10. The molecule has 0 saturated carbocycles. The van der Waals surface area contributed by atoms with Gasteiger partial charge in [0, 0.05) is 30.7 Å². The van der Waals surface area contributed by atoms with Crippen molar-refractivity contribution in [1.29, 1.82) is 0 Å². The average molecular weight is 403 g/mol. The molecule has 3 aromatic rings. The normalized spacial score (nSPS) is 14.2. The van der Waals surface area contributed by atoms with Gasteiger partial charge in [-0.1, -0.05) is 17.7 Å². The van der Waals surface area contributed by atoms with Crippen LogP contribution in [0.25, 0.3) is 5.57 Å². The lowest BCUT2D eigenvalue weighted by Crippen LogP contribution is -2.31. The first-order valence-corrected chi connectivity index (χ1v) is 10.00. The quantitative estimate of drug-likeness (QED) is 0.698. The molecule has 1 aromatic carbocycles. The molecular formula is C23H25N5O2. The lowest BCUT2D eigenvalue weighted by molar-refractivity contribution is 0.101. The summed E-state index contributed by atoms with van der Waals surface area (Å²) >= 11 is 0. The fraction of sp³-hybridized carbons (Fsp3) is 0.304. The van der Waals surface area contributed by atoms with Gasteiger partial charge in [0.25, 0.3) is 11.9 Å². The maximum atomic E-state index is 12.4. The zero-order valence-corrected chi connectivity index (χ0v) is 17.7. The van der Waals surface area contributed by atoms with Gasteiger partial charge < -0.3 is 14.6 Å². The molecule has 1 aliphatic rings. The van der Waals surface area contributed by atoms with Crippen LogP contribution in [0.2, 0.25) is 0 Å². The zero-order valence-electron chi connectivity index (χ0n) is 17.7. The van der Waals surface area contributed by atoms with E-state index in [-0.39, 0.29) is 11.7 Å². The first kappa shape index (κ1) is 19.8. The van der Waals surface area contributed by atoms with Crippen LogP contribution in [0.4, 0.5) is 11.7 Å². The van der Waals surface area contributed by atoms with Gasteiger partial charge in [-0.05, 0) is 63.5 Å². The monoisotopic (exact) mass is 403 g/mol. The van der Waals surface area contributed by atoms with Crippen LogP contribution >= 0.6 is 0 Å². The van der Waals surface area contributed by atoms with Crippen LogP contribution in [0, 0.1) is 20.8 Å². The smallest absolute Gasteiger partial charge is 0.297 e. The molecule has 0 saturated heterocycles. The number of carbonyl (C=O) groups excluding carboxylic acids is 1. The number of aromatic nitrogens is 3. The molecule has 0 atom stereocenters. The Morgan fingerprint density at radius 3 is 2.50 bits per heavy atom. The Morgan fingerprint density at radius 2 is 1.83 bits per heavy atom. The second kappa shape index (κ2) is 8.10. The van der Waals surface area contributed by atoms with Crippen molar-refractivity contribution in [3.8, 4) is 0 Å². The van der Waals surface area contributed by atoms with Crippen molar-refractivity contribution >= 4 is 23.2 Å². The van der Waals surface area contributed by atoms with Crippen molar-refractivity contribution in [1.82, 2.24) is 15.0 Å². The van der Waals surface area contributed by atoms with E-state index in [1.165, 1.54) is 11.1 Å². The third-order valence-corrected chi connectivity index (χ3v) is 5.40. The molecule has 4 rings (SSSR count). The fourth-order valence-corrected chi connectivity index (χ4v) is 3.45. The molecule has 0 aliphatic carbocycles. The van der Waals surface area contributed by atoms with Gasteiger partial charge >= 0.3 is 0 Å². The summed E-state index contributed by atoms with van der Waals surface area (Å²) in [5, 5.41) is 2.85. The summed E-state index contributed by atoms with van der Waals surface area (Å²) < 4.78 is 5.82. The van der Waals surface area contributed by atoms with Crippen molar-refractivity contribution in [2.75, 3.05) is 23.3 Å². The number of amides is 1. The number of aryl methyl sites for hydroxylation is 3. The number of hydrogen-bond acceptors (Lipinski definition) is 6. The minimum atomic E-state index is -0.319. The number of nitrogens with zero attached hydrogens (tertiary/aromatic N) is 4. The van der Waals surface area contributed by atoms with Crippen LogP contribution in [0.1, 0.15) is 46.7 Å². The third-order valence-electron chi connectivity index (χ3n) is 5.40. The second-order valence-electron chi connectivity index (χ2n) is 7.62. The molecular weight excluding hydrogens is 378 g/mol. The number of anilines is 2. The van der Waals surface area contributed by atoms with Gasteiger partial charge in [-0.2, -0.15) is 4.98 Å². The number of benzene rings is 1. The molecule has 30 heavy (non-hydrogen) atoms. The summed E-state index contributed by atoms with van der Waals surface area (Å²) in [6, 6.07) is 10.3. The number of hydrogen-bond donors (Lipinski definition) is 1. The Morgan fingerprint density at radius 1 is 1.07 bits per heavy atom. The predicted octanol–water partition coefficient (Wildman–Crippen LogP) is 4.33. The van der Waals surface area contributed by atoms with Crippen molar-refractivity contribution in [3.63, 3.8) is 0 Å². The molecule has 0 radical (unpaired) electrons. The van der Waals surface area contributed by atoms with Gasteiger partial charge in [-0.15, -0.1) is 0 Å². The molecule has 0 bridgehead atoms. The molecule has 0 fully saturated rings. The minimum Gasteiger partial charge on any atom is -0.429 e. The van der Waals surface area contributed by atoms with Crippen LogP contribution in [0.3, 0.4) is 0 Å². The Labute approximate surface area is 175 Å². The molecule has 1 N–H and O–H groups in total. The average Bonchev–Trinajstić information content (AvgIpc) is 3.07. The van der Waals surface area contributed by atoms with Crippen LogP contribution in [0.15, 0.2) is 46.5 Å². The number of oxazole rings is 1. The van der Waals surface area contributed by atoms with Crippen molar-refractivity contribution in [3.05, 3.63) is 70.6 Å². The van der Waals surface area contributed by atoms with E-state index >= 15 is 0 Å². The molecule has 0 unspecified atom stereocenters. The van der Waals surface area contributed by atoms with Crippen LogP contribution in [0.5, 0.6) is 0 Å². The topological polar surface area (TPSA) is 84.2 Å². The molecule has 7 heteroatoms. The van der Waals surface area contributed by atoms with Gasteiger partial charge in [-0.25, -0.2) is 9.97 Å². The first-order chi connectivity index (χ1) is 14.4. The van der Waals surface area contributed by atoms with Gasteiger partial charge in [-0.3, -0.25) is 4.79 Å². The summed E-state index contributed by atoms with van der Waals surface area (Å²) in [6.07, 6.45) is 2.54. The van der Waals surface area contributed by atoms with E-state index in [0.29, 0.717) is 11.7 Å². The fourth-order valence-electron chi connectivity index (χ4n) is 3.45. The van der Waals surface area contributed by atoms with E-state index in [1.54, 1.807) is 12.3 Å². The molecule has 1 aliphatic heterocycles. The summed E-state index contributed by atoms with van der Waals surface area (Å²) in [7, 11) is 0. The summed E-state index contributed by atoms with van der Waals surface area (Å²) in [5.41, 5.74) is 6.13. The molecule has 7 nitrogen and oxygen atoms in total. The highest BCUT2D eigenvalue weighted by molar-refractivity contribution is 6.01. The molecule has 3 heterocycles. The Balaban J connectivity index is 1.49. The molecule has 0 spiro atoms. The molecule has 2 aromatic heterocycles. The highest BCUT2D eigenvalue weighted by Gasteiger charge is 2.22. The maximum absolute atomic E-state index is 12.4. The molecule has 1 amide bonds. The lowest BCUT2D eigenvalue weighted by atomic mass is 9.95. The predicted molar refractivity (Wildman–Crippen MR) is 117 cm³/mol. The van der Waals surface area contributed by atoms with E-state index in [4.69, 9.17) is 4.42 Å². The van der Waals surface area contributed by atoms with Crippen molar-refractivity contribution < 1.29 is 9.21 Å². The largest absolute Gasteiger partial charge is 0.429 e. The van der Waals surface area contributed by atoms with Crippen molar-refractivity contribution in [2.45, 2.75) is 34.1 Å². The number of rotatable bonds is 4. The first-order valence-electron chi connectivity index (χ1n) is 10.00. The van der Waals surface area contributed by atoms with E-state index < -0.39 is 0 Å². The van der Waals surface area contributed by atoms with Crippen molar-refractivity contribution in [2.24, 2.45) is 0 Å². The van der Waals surface area contributed by atoms with Gasteiger partial charge in [0.2, 0.25) is 5.82 Å². The standard InChI is InChI=1S/C23H25N5O2/c1-14-10-12-28(23-26-16(3)17(4)30-23)13-20(14)18-5-7-19(8-6-18)27-22(29)21-24-11-9-15(2)25-21/h5-9,11H,10,12-13H2,1-4H3,(H,27,29). The second-order valence-corrected chi connectivity index (χ2v) is 7.62. The maximum Gasteiger partial charge on any atom is 0.297 e. The SMILES string of the molecule is CC1=C(c2ccc(NC(=O)c3nccc(C)n3)cc2)CN(c2nc(C)c(C)o2)CC1. The number of carbonyl (C=O) groups is 1. The van der Waals surface area contributed by atoms with E-state index in [9.17, 15) is 4.79 Å². The van der Waals surface area contributed by atoms with E-state index in [1.807, 2.05) is 45.0 Å². The minimum absolute atomic E-state index is 0.164. The Bertz CT molecular complexity index is 1100. The zero-order chi connectivity index (χ0) is 21.3. The van der Waals surface area contributed by atoms with Crippen LogP contribution in [-0.2, 0) is 0 Å².